The quantitative estimate of drug-likeness (QED) is 0.926. The average molecular weight is 312 g/mol. The van der Waals surface area contributed by atoms with E-state index in [1.165, 1.54) is 10.6 Å². The van der Waals surface area contributed by atoms with Crippen molar-refractivity contribution in [3.63, 3.8) is 0 Å². The Morgan fingerprint density at radius 2 is 2.47 bits per heavy atom. The molecule has 3 nitrogen and oxygen atoms in total. The first kappa shape index (κ1) is 11.4. The number of fused-ring (bicyclic) bond motifs is 1. The fraction of sp³-hybridized carbons (Fsp3) is 0.417. The van der Waals surface area contributed by atoms with Gasteiger partial charge in [0.2, 0.25) is 0 Å². The molecule has 1 atom stereocenters. The molecule has 17 heavy (non-hydrogen) atoms. The number of halogens is 1. The van der Waals surface area contributed by atoms with Crippen molar-refractivity contribution >= 4 is 27.3 Å². The summed E-state index contributed by atoms with van der Waals surface area (Å²) in [4.78, 5) is 5.98. The normalized spacial score (nSPS) is 19.3. The van der Waals surface area contributed by atoms with E-state index >= 15 is 0 Å². The monoisotopic (exact) mass is 311 g/mol. The number of aromatic nitrogens is 2. The lowest BCUT2D eigenvalue weighted by molar-refractivity contribution is 0.450. The van der Waals surface area contributed by atoms with Gasteiger partial charge in [-0.1, -0.05) is 6.07 Å². The zero-order valence-corrected chi connectivity index (χ0v) is 11.8. The molecule has 0 bridgehead atoms. The molecule has 1 aliphatic rings. The summed E-state index contributed by atoms with van der Waals surface area (Å²) in [5.41, 5.74) is 7.34. The van der Waals surface area contributed by atoms with Crippen molar-refractivity contribution in [1.29, 1.82) is 0 Å². The third kappa shape index (κ3) is 2.19. The van der Waals surface area contributed by atoms with Crippen LogP contribution >= 0.6 is 27.3 Å². The van der Waals surface area contributed by atoms with Crippen molar-refractivity contribution in [3.8, 4) is 0 Å². The van der Waals surface area contributed by atoms with Gasteiger partial charge in [0.05, 0.1) is 5.69 Å². The van der Waals surface area contributed by atoms with Gasteiger partial charge in [-0.3, -0.25) is 0 Å². The number of nitrogens with zero attached hydrogens (tertiary/aromatic N) is 2. The van der Waals surface area contributed by atoms with Crippen molar-refractivity contribution < 1.29 is 0 Å². The molecule has 3 heterocycles. The second kappa shape index (κ2) is 4.55. The Bertz CT molecular complexity index is 518. The second-order valence-corrected chi connectivity index (χ2v) is 6.21. The number of thiophene rings is 1. The Labute approximate surface area is 113 Å². The van der Waals surface area contributed by atoms with E-state index in [1.807, 2.05) is 0 Å². The molecule has 0 amide bonds. The lowest BCUT2D eigenvalue weighted by atomic mass is 10.1. The van der Waals surface area contributed by atoms with Gasteiger partial charge < -0.3 is 10.3 Å². The van der Waals surface area contributed by atoms with Crippen molar-refractivity contribution in [2.75, 3.05) is 0 Å². The standard InChI is InChI=1S/C12H14BrN3S/c13-12-10-4-3-8(14)7-16(10)11(15-12)6-9-2-1-5-17-9/h1-2,5,8H,3-4,6-7,14H2. The Kier molecular flexibility index (Phi) is 3.06. The average Bonchev–Trinajstić information content (AvgIpc) is 2.89. The van der Waals surface area contributed by atoms with Crippen molar-refractivity contribution in [2.45, 2.75) is 31.8 Å². The van der Waals surface area contributed by atoms with Crippen LogP contribution in [-0.4, -0.2) is 15.6 Å². The van der Waals surface area contributed by atoms with Crippen molar-refractivity contribution in [3.05, 3.63) is 38.5 Å². The lowest BCUT2D eigenvalue weighted by Crippen LogP contribution is -2.32. The van der Waals surface area contributed by atoms with Gasteiger partial charge in [-0.25, -0.2) is 4.98 Å². The molecular formula is C12H14BrN3S. The van der Waals surface area contributed by atoms with Crippen LogP contribution in [0, 0.1) is 0 Å². The predicted octanol–water partition coefficient (Wildman–Crippen LogP) is 2.57. The van der Waals surface area contributed by atoms with Crippen molar-refractivity contribution in [2.24, 2.45) is 5.73 Å². The molecule has 0 spiro atoms. The highest BCUT2D eigenvalue weighted by atomic mass is 79.9. The maximum Gasteiger partial charge on any atom is 0.127 e. The third-order valence-electron chi connectivity index (χ3n) is 3.18. The molecule has 2 aromatic rings. The van der Waals surface area contributed by atoms with Crippen LogP contribution in [0.2, 0.25) is 0 Å². The smallest absolute Gasteiger partial charge is 0.127 e. The summed E-state index contributed by atoms with van der Waals surface area (Å²) in [6.07, 6.45) is 2.99. The molecule has 0 radical (unpaired) electrons. The fourth-order valence-corrected chi connectivity index (χ4v) is 3.63. The van der Waals surface area contributed by atoms with E-state index in [-0.39, 0.29) is 6.04 Å². The van der Waals surface area contributed by atoms with Crippen molar-refractivity contribution in [1.82, 2.24) is 9.55 Å². The van der Waals surface area contributed by atoms with Gasteiger partial charge in [0, 0.05) is 23.9 Å². The molecule has 5 heteroatoms. The lowest BCUT2D eigenvalue weighted by Gasteiger charge is -2.22. The van der Waals surface area contributed by atoms with E-state index in [4.69, 9.17) is 5.73 Å². The van der Waals surface area contributed by atoms with Gasteiger partial charge in [0.1, 0.15) is 10.4 Å². The van der Waals surface area contributed by atoms with Gasteiger partial charge in [-0.05, 0) is 40.2 Å². The molecule has 1 unspecified atom stereocenters. The van der Waals surface area contributed by atoms with E-state index < -0.39 is 0 Å². The maximum atomic E-state index is 6.04. The Balaban J connectivity index is 1.95. The first-order valence-electron chi connectivity index (χ1n) is 5.76. The minimum atomic E-state index is 0.269. The maximum absolute atomic E-state index is 6.04. The van der Waals surface area contributed by atoms with E-state index in [0.717, 1.165) is 36.2 Å². The topological polar surface area (TPSA) is 43.8 Å². The minimum absolute atomic E-state index is 0.269. The molecule has 2 N–H and O–H groups in total. The summed E-state index contributed by atoms with van der Waals surface area (Å²) in [5.74, 6) is 1.13. The Morgan fingerprint density at radius 1 is 1.59 bits per heavy atom. The van der Waals surface area contributed by atoms with Gasteiger partial charge in [0.15, 0.2) is 0 Å². The molecule has 1 aliphatic heterocycles. The third-order valence-corrected chi connectivity index (χ3v) is 4.70. The summed E-state index contributed by atoms with van der Waals surface area (Å²) in [6, 6.07) is 4.51. The molecule has 0 saturated heterocycles. The van der Waals surface area contributed by atoms with Crippen LogP contribution in [0.5, 0.6) is 0 Å². The minimum Gasteiger partial charge on any atom is -0.329 e. The van der Waals surface area contributed by atoms with Crippen LogP contribution in [0.25, 0.3) is 0 Å². The molecule has 0 saturated carbocycles. The highest BCUT2D eigenvalue weighted by Crippen LogP contribution is 2.26. The molecule has 3 rings (SSSR count). The zero-order chi connectivity index (χ0) is 11.8. The van der Waals surface area contributed by atoms with E-state index in [2.05, 4.69) is 43.0 Å². The highest BCUT2D eigenvalue weighted by Gasteiger charge is 2.22. The molecule has 0 fully saturated rings. The summed E-state index contributed by atoms with van der Waals surface area (Å²) >= 11 is 5.34. The SMILES string of the molecule is NC1CCc2c(Br)nc(Cc3cccs3)n2C1. The van der Waals surface area contributed by atoms with Crippen LogP contribution in [0.4, 0.5) is 0 Å². The number of hydrogen-bond acceptors (Lipinski definition) is 3. The molecule has 2 aromatic heterocycles. The highest BCUT2D eigenvalue weighted by molar-refractivity contribution is 9.10. The Hall–Kier alpha value is -0.650. The molecular weight excluding hydrogens is 298 g/mol. The number of imidazole rings is 1. The van der Waals surface area contributed by atoms with Gasteiger partial charge in [-0.2, -0.15) is 0 Å². The fourth-order valence-electron chi connectivity index (χ4n) is 2.31. The molecule has 0 aromatic carbocycles. The first-order chi connectivity index (χ1) is 8.24. The summed E-state index contributed by atoms with van der Waals surface area (Å²) < 4.78 is 3.29. The van der Waals surface area contributed by atoms with E-state index in [9.17, 15) is 0 Å². The predicted molar refractivity (Wildman–Crippen MR) is 73.3 cm³/mol. The molecule has 90 valence electrons. The first-order valence-corrected chi connectivity index (χ1v) is 7.43. The second-order valence-electron chi connectivity index (χ2n) is 4.43. The zero-order valence-electron chi connectivity index (χ0n) is 9.40. The van der Waals surface area contributed by atoms with Crippen LogP contribution in [0.15, 0.2) is 22.1 Å². The summed E-state index contributed by atoms with van der Waals surface area (Å²) in [6.45, 7) is 0.897. The summed E-state index contributed by atoms with van der Waals surface area (Å²) in [7, 11) is 0. The Morgan fingerprint density at radius 3 is 3.24 bits per heavy atom. The van der Waals surface area contributed by atoms with Gasteiger partial charge in [-0.15, -0.1) is 11.3 Å². The van der Waals surface area contributed by atoms with Crippen LogP contribution in [-0.2, 0) is 19.4 Å². The number of nitrogens with two attached hydrogens (primary N) is 1. The summed E-state index contributed by atoms with van der Waals surface area (Å²) in [5, 5.41) is 2.11. The van der Waals surface area contributed by atoms with Crippen LogP contribution < -0.4 is 5.73 Å². The van der Waals surface area contributed by atoms with Crippen LogP contribution in [0.1, 0.15) is 22.8 Å². The van der Waals surface area contributed by atoms with Gasteiger partial charge in [0.25, 0.3) is 0 Å². The van der Waals surface area contributed by atoms with Gasteiger partial charge >= 0.3 is 0 Å². The van der Waals surface area contributed by atoms with E-state index in [0.29, 0.717) is 0 Å². The van der Waals surface area contributed by atoms with E-state index in [1.54, 1.807) is 11.3 Å². The van der Waals surface area contributed by atoms with Crippen LogP contribution in [0.3, 0.4) is 0 Å². The number of hydrogen-bond donors (Lipinski definition) is 1. The molecule has 0 aliphatic carbocycles. The number of rotatable bonds is 2. The largest absolute Gasteiger partial charge is 0.329 e.